The number of pyridine rings is 1. The lowest BCUT2D eigenvalue weighted by molar-refractivity contribution is 0.0935. The molecule has 0 spiro atoms. The number of halogens is 1. The number of nitrogens with zero attached hydrogens (tertiary/aromatic N) is 1. The molecule has 1 rings (SSSR count). The number of aromatic nitrogens is 1. The van der Waals surface area contributed by atoms with E-state index in [2.05, 4.69) is 29.5 Å². The number of hydrogen-bond donors (Lipinski definition) is 2. The van der Waals surface area contributed by atoms with Crippen LogP contribution in [0.4, 0.5) is 5.82 Å². The van der Waals surface area contributed by atoms with Gasteiger partial charge in [-0.3, -0.25) is 4.79 Å². The van der Waals surface area contributed by atoms with Crippen molar-refractivity contribution in [3.8, 4) is 0 Å². The minimum atomic E-state index is -0.153. The predicted molar refractivity (Wildman–Crippen MR) is 79.8 cm³/mol. The first kappa shape index (κ1) is 15.8. The largest absolute Gasteiger partial charge is 0.373 e. The molecule has 5 heteroatoms. The summed E-state index contributed by atoms with van der Waals surface area (Å²) >= 11 is 6.01. The van der Waals surface area contributed by atoms with E-state index in [4.69, 9.17) is 11.6 Å². The molecule has 1 amide bonds. The van der Waals surface area contributed by atoms with Gasteiger partial charge in [-0.1, -0.05) is 31.9 Å². The highest BCUT2D eigenvalue weighted by atomic mass is 35.5. The molecule has 19 heavy (non-hydrogen) atoms. The Labute approximate surface area is 120 Å². The Morgan fingerprint density at radius 3 is 2.74 bits per heavy atom. The Balaban J connectivity index is 2.72. The van der Waals surface area contributed by atoms with Crippen molar-refractivity contribution < 1.29 is 4.79 Å². The van der Waals surface area contributed by atoms with E-state index in [1.807, 2.05) is 6.92 Å². The van der Waals surface area contributed by atoms with Gasteiger partial charge in [-0.25, -0.2) is 4.98 Å². The highest BCUT2D eigenvalue weighted by Gasteiger charge is 2.15. The van der Waals surface area contributed by atoms with Crippen LogP contribution in [-0.4, -0.2) is 24.0 Å². The molecule has 1 heterocycles. The molecule has 2 unspecified atom stereocenters. The summed E-state index contributed by atoms with van der Waals surface area (Å²) in [6, 6.07) is 1.79. The smallest absolute Gasteiger partial charge is 0.253 e. The van der Waals surface area contributed by atoms with Crippen LogP contribution in [0.3, 0.4) is 0 Å². The standard InChI is InChI=1S/C14H22ClN3O/c1-5-9(2)6-10(3)18-14(19)11-7-13(16-4)17-8-12(11)15/h7-10H,5-6H2,1-4H3,(H,16,17)(H,18,19). The summed E-state index contributed by atoms with van der Waals surface area (Å²) in [5.74, 6) is 1.07. The number of anilines is 1. The maximum atomic E-state index is 12.2. The van der Waals surface area contributed by atoms with Crippen molar-refractivity contribution in [3.63, 3.8) is 0 Å². The number of amides is 1. The molecule has 0 aliphatic heterocycles. The lowest BCUT2D eigenvalue weighted by atomic mass is 10.0. The number of carbonyl (C=O) groups excluding carboxylic acids is 1. The van der Waals surface area contributed by atoms with Gasteiger partial charge < -0.3 is 10.6 Å². The van der Waals surface area contributed by atoms with Crippen LogP contribution in [0.1, 0.15) is 44.0 Å². The summed E-state index contributed by atoms with van der Waals surface area (Å²) in [7, 11) is 1.75. The van der Waals surface area contributed by atoms with Crippen LogP contribution in [-0.2, 0) is 0 Å². The summed E-state index contributed by atoms with van der Waals surface area (Å²) < 4.78 is 0. The van der Waals surface area contributed by atoms with Gasteiger partial charge in [0.05, 0.1) is 10.6 Å². The molecule has 0 aliphatic carbocycles. The summed E-state index contributed by atoms with van der Waals surface area (Å²) in [5.41, 5.74) is 0.456. The first-order valence-electron chi connectivity index (χ1n) is 6.62. The van der Waals surface area contributed by atoms with Gasteiger partial charge in [-0.05, 0) is 25.3 Å². The van der Waals surface area contributed by atoms with Crippen molar-refractivity contribution in [1.29, 1.82) is 0 Å². The number of carbonyl (C=O) groups is 1. The second-order valence-electron chi connectivity index (χ2n) is 4.92. The molecule has 0 radical (unpaired) electrons. The van der Waals surface area contributed by atoms with Gasteiger partial charge in [0.1, 0.15) is 5.82 Å². The van der Waals surface area contributed by atoms with E-state index in [1.54, 1.807) is 13.1 Å². The molecule has 1 aromatic heterocycles. The predicted octanol–water partition coefficient (Wildman–Crippen LogP) is 3.33. The number of rotatable bonds is 6. The Morgan fingerprint density at radius 2 is 2.16 bits per heavy atom. The molecule has 0 fully saturated rings. The third kappa shape index (κ3) is 4.71. The molecule has 0 aliphatic rings. The molecule has 1 aromatic rings. The first-order valence-corrected chi connectivity index (χ1v) is 6.99. The molecule has 0 saturated carbocycles. The van der Waals surface area contributed by atoms with Crippen molar-refractivity contribution in [2.45, 2.75) is 39.7 Å². The van der Waals surface area contributed by atoms with Crippen molar-refractivity contribution in [2.24, 2.45) is 5.92 Å². The third-order valence-corrected chi connectivity index (χ3v) is 3.49. The van der Waals surface area contributed by atoms with Crippen molar-refractivity contribution in [1.82, 2.24) is 10.3 Å². The molecule has 4 nitrogen and oxygen atoms in total. The van der Waals surface area contributed by atoms with E-state index in [-0.39, 0.29) is 11.9 Å². The van der Waals surface area contributed by atoms with Crippen LogP contribution < -0.4 is 10.6 Å². The molecule has 0 bridgehead atoms. The van der Waals surface area contributed by atoms with Crippen molar-refractivity contribution in [2.75, 3.05) is 12.4 Å². The Kier molecular flexibility index (Phi) is 6.09. The van der Waals surface area contributed by atoms with E-state index in [1.165, 1.54) is 6.20 Å². The Bertz CT molecular complexity index is 437. The number of nitrogens with one attached hydrogen (secondary N) is 2. The van der Waals surface area contributed by atoms with Gasteiger partial charge in [0.2, 0.25) is 0 Å². The topological polar surface area (TPSA) is 54.0 Å². The van der Waals surface area contributed by atoms with Crippen LogP contribution >= 0.6 is 11.6 Å². The van der Waals surface area contributed by atoms with E-state index >= 15 is 0 Å². The summed E-state index contributed by atoms with van der Waals surface area (Å²) in [5, 5.41) is 6.24. The van der Waals surface area contributed by atoms with Crippen LogP contribution in [0.25, 0.3) is 0 Å². The van der Waals surface area contributed by atoms with Crippen molar-refractivity contribution >= 4 is 23.3 Å². The second-order valence-corrected chi connectivity index (χ2v) is 5.33. The molecule has 2 atom stereocenters. The van der Waals surface area contributed by atoms with E-state index in [0.29, 0.717) is 22.3 Å². The molecule has 106 valence electrons. The summed E-state index contributed by atoms with van der Waals surface area (Å²) in [6.45, 7) is 6.34. The van der Waals surface area contributed by atoms with E-state index in [9.17, 15) is 4.79 Å². The van der Waals surface area contributed by atoms with Crippen molar-refractivity contribution in [3.05, 3.63) is 22.8 Å². The van der Waals surface area contributed by atoms with Crippen LogP contribution in [0.2, 0.25) is 5.02 Å². The maximum Gasteiger partial charge on any atom is 0.253 e. The fraction of sp³-hybridized carbons (Fsp3) is 0.571. The molecule has 0 saturated heterocycles. The van der Waals surface area contributed by atoms with E-state index < -0.39 is 0 Å². The molecular weight excluding hydrogens is 262 g/mol. The minimum Gasteiger partial charge on any atom is -0.373 e. The lowest BCUT2D eigenvalue weighted by Crippen LogP contribution is -2.34. The molecule has 2 N–H and O–H groups in total. The highest BCUT2D eigenvalue weighted by Crippen LogP contribution is 2.18. The van der Waals surface area contributed by atoms with Crippen LogP contribution in [0.5, 0.6) is 0 Å². The minimum absolute atomic E-state index is 0.129. The fourth-order valence-corrected chi connectivity index (χ4v) is 2.07. The summed E-state index contributed by atoms with van der Waals surface area (Å²) in [4.78, 5) is 16.2. The Morgan fingerprint density at radius 1 is 1.47 bits per heavy atom. The molecular formula is C14H22ClN3O. The number of hydrogen-bond acceptors (Lipinski definition) is 3. The normalized spacial score (nSPS) is 13.7. The van der Waals surface area contributed by atoms with Crippen LogP contribution in [0, 0.1) is 5.92 Å². The SMILES string of the molecule is CCC(C)CC(C)NC(=O)c1cc(NC)ncc1Cl. The van der Waals surface area contributed by atoms with Gasteiger partial charge >= 0.3 is 0 Å². The van der Waals surface area contributed by atoms with Gasteiger partial charge in [0.15, 0.2) is 0 Å². The average molecular weight is 284 g/mol. The molecule has 0 aromatic carbocycles. The zero-order chi connectivity index (χ0) is 14.4. The third-order valence-electron chi connectivity index (χ3n) is 3.19. The van der Waals surface area contributed by atoms with Crippen LogP contribution in [0.15, 0.2) is 12.3 Å². The summed E-state index contributed by atoms with van der Waals surface area (Å²) in [6.07, 6.45) is 3.56. The quantitative estimate of drug-likeness (QED) is 0.842. The maximum absolute atomic E-state index is 12.2. The van der Waals surface area contributed by atoms with E-state index in [0.717, 1.165) is 12.8 Å². The van der Waals surface area contributed by atoms with Gasteiger partial charge in [0, 0.05) is 19.3 Å². The van der Waals surface area contributed by atoms with Gasteiger partial charge in [0.25, 0.3) is 5.91 Å². The second kappa shape index (κ2) is 7.34. The first-order chi connectivity index (χ1) is 8.97. The Hall–Kier alpha value is -1.29. The monoisotopic (exact) mass is 283 g/mol. The van der Waals surface area contributed by atoms with Gasteiger partial charge in [-0.2, -0.15) is 0 Å². The average Bonchev–Trinajstić information content (AvgIpc) is 2.38. The highest BCUT2D eigenvalue weighted by molar-refractivity contribution is 6.33. The fourth-order valence-electron chi connectivity index (χ4n) is 1.88. The zero-order valence-electron chi connectivity index (χ0n) is 12.0. The van der Waals surface area contributed by atoms with Gasteiger partial charge in [-0.15, -0.1) is 0 Å². The lowest BCUT2D eigenvalue weighted by Gasteiger charge is -2.18. The zero-order valence-corrected chi connectivity index (χ0v) is 12.7.